The van der Waals surface area contributed by atoms with Gasteiger partial charge >= 0.3 is 0 Å². The molecular weight excluding hydrogens is 216 g/mol. The molecule has 1 aromatic rings. The summed E-state index contributed by atoms with van der Waals surface area (Å²) in [5, 5.41) is 3.43. The molecule has 3 heteroatoms. The Balaban J connectivity index is 2.03. The van der Waals surface area contributed by atoms with E-state index in [-0.39, 0.29) is 0 Å². The van der Waals surface area contributed by atoms with E-state index in [2.05, 4.69) is 22.6 Å². The predicted molar refractivity (Wildman–Crippen MR) is 74.3 cm³/mol. The lowest BCUT2D eigenvalue weighted by molar-refractivity contribution is 0.689. The number of pyridine rings is 1. The van der Waals surface area contributed by atoms with Gasteiger partial charge in [-0.15, -0.1) is 0 Å². The van der Waals surface area contributed by atoms with Gasteiger partial charge in [0.25, 0.3) is 0 Å². The molecule has 1 heterocycles. The standard InChI is InChI=1S/C13H22N2S/c1-12-11-13(7-9-14-12)15-8-5-3-4-6-10-16-2/h7,9,11H,3-6,8,10H2,1-2H3,(H,14,15). The molecule has 1 N–H and O–H groups in total. The summed E-state index contributed by atoms with van der Waals surface area (Å²) < 4.78 is 0. The number of nitrogens with one attached hydrogen (secondary N) is 1. The fourth-order valence-corrected chi connectivity index (χ4v) is 2.11. The summed E-state index contributed by atoms with van der Waals surface area (Å²) in [7, 11) is 0. The minimum absolute atomic E-state index is 1.07. The van der Waals surface area contributed by atoms with E-state index in [1.807, 2.05) is 30.9 Å². The zero-order valence-electron chi connectivity index (χ0n) is 10.3. The maximum Gasteiger partial charge on any atom is 0.0393 e. The van der Waals surface area contributed by atoms with Gasteiger partial charge in [0.05, 0.1) is 0 Å². The zero-order chi connectivity index (χ0) is 11.6. The van der Waals surface area contributed by atoms with Crippen molar-refractivity contribution < 1.29 is 0 Å². The van der Waals surface area contributed by atoms with Crippen molar-refractivity contribution in [2.24, 2.45) is 0 Å². The lowest BCUT2D eigenvalue weighted by Crippen LogP contribution is -2.01. The fraction of sp³-hybridized carbons (Fsp3) is 0.615. The number of aryl methyl sites for hydroxylation is 1. The van der Waals surface area contributed by atoms with Gasteiger partial charge in [-0.3, -0.25) is 4.98 Å². The monoisotopic (exact) mass is 238 g/mol. The van der Waals surface area contributed by atoms with Crippen molar-refractivity contribution in [3.05, 3.63) is 24.0 Å². The van der Waals surface area contributed by atoms with E-state index in [9.17, 15) is 0 Å². The molecule has 2 nitrogen and oxygen atoms in total. The van der Waals surface area contributed by atoms with Crippen LogP contribution in [0.4, 0.5) is 5.69 Å². The van der Waals surface area contributed by atoms with E-state index in [4.69, 9.17) is 0 Å². The Kier molecular flexibility index (Phi) is 7.06. The lowest BCUT2D eigenvalue weighted by atomic mass is 10.2. The van der Waals surface area contributed by atoms with E-state index >= 15 is 0 Å². The summed E-state index contributed by atoms with van der Waals surface area (Å²) in [5.74, 6) is 1.30. The van der Waals surface area contributed by atoms with Crippen molar-refractivity contribution in [2.45, 2.75) is 32.6 Å². The van der Waals surface area contributed by atoms with Crippen molar-refractivity contribution in [1.29, 1.82) is 0 Å². The maximum absolute atomic E-state index is 4.18. The van der Waals surface area contributed by atoms with Crippen LogP contribution >= 0.6 is 11.8 Å². The third kappa shape index (κ3) is 6.01. The van der Waals surface area contributed by atoms with Gasteiger partial charge in [0.2, 0.25) is 0 Å². The van der Waals surface area contributed by atoms with Gasteiger partial charge in [0.15, 0.2) is 0 Å². The molecule has 0 aliphatic rings. The van der Waals surface area contributed by atoms with Crippen LogP contribution in [0, 0.1) is 6.92 Å². The second kappa shape index (κ2) is 8.45. The van der Waals surface area contributed by atoms with Gasteiger partial charge in [-0.1, -0.05) is 12.8 Å². The van der Waals surface area contributed by atoms with E-state index in [1.165, 1.54) is 37.1 Å². The Labute approximate surface area is 103 Å². The Hall–Kier alpha value is -0.700. The van der Waals surface area contributed by atoms with Gasteiger partial charge in [-0.05, 0) is 43.9 Å². The fourth-order valence-electron chi connectivity index (χ4n) is 1.61. The summed E-state index contributed by atoms with van der Waals surface area (Å²) in [6, 6.07) is 4.12. The van der Waals surface area contributed by atoms with Crippen molar-refractivity contribution in [3.63, 3.8) is 0 Å². The van der Waals surface area contributed by atoms with Crippen LogP contribution in [-0.2, 0) is 0 Å². The third-order valence-corrected chi connectivity index (χ3v) is 3.20. The summed E-state index contributed by atoms with van der Waals surface area (Å²) in [4.78, 5) is 4.18. The summed E-state index contributed by atoms with van der Waals surface area (Å²) in [6.07, 6.45) is 9.34. The van der Waals surface area contributed by atoms with Crippen molar-refractivity contribution in [3.8, 4) is 0 Å². The zero-order valence-corrected chi connectivity index (χ0v) is 11.1. The first-order valence-corrected chi connectivity index (χ1v) is 7.38. The van der Waals surface area contributed by atoms with Crippen LogP contribution in [0.3, 0.4) is 0 Å². The SMILES string of the molecule is CSCCCCCCNc1ccnc(C)c1. The van der Waals surface area contributed by atoms with Crippen LogP contribution in [0.15, 0.2) is 18.3 Å². The third-order valence-electron chi connectivity index (χ3n) is 2.50. The van der Waals surface area contributed by atoms with Crippen LogP contribution in [0.2, 0.25) is 0 Å². The Bertz CT molecular complexity index is 289. The second-order valence-corrected chi connectivity index (χ2v) is 5.01. The molecule has 0 saturated carbocycles. The van der Waals surface area contributed by atoms with Gasteiger partial charge in [-0.25, -0.2) is 0 Å². The number of rotatable bonds is 8. The smallest absolute Gasteiger partial charge is 0.0393 e. The van der Waals surface area contributed by atoms with Crippen LogP contribution in [0.25, 0.3) is 0 Å². The number of unbranched alkanes of at least 4 members (excludes halogenated alkanes) is 3. The van der Waals surface area contributed by atoms with Crippen LogP contribution in [0.1, 0.15) is 31.4 Å². The highest BCUT2D eigenvalue weighted by Crippen LogP contribution is 2.08. The van der Waals surface area contributed by atoms with Crippen molar-refractivity contribution in [1.82, 2.24) is 4.98 Å². The van der Waals surface area contributed by atoms with Crippen LogP contribution in [-0.4, -0.2) is 23.5 Å². The van der Waals surface area contributed by atoms with E-state index in [0.29, 0.717) is 0 Å². The van der Waals surface area contributed by atoms with Gasteiger partial charge in [0.1, 0.15) is 0 Å². The molecule has 1 aromatic heterocycles. The molecule has 0 saturated heterocycles. The molecule has 0 aliphatic carbocycles. The molecule has 90 valence electrons. The maximum atomic E-state index is 4.18. The van der Waals surface area contributed by atoms with Crippen molar-refractivity contribution in [2.75, 3.05) is 23.9 Å². The number of nitrogens with zero attached hydrogens (tertiary/aromatic N) is 1. The second-order valence-electron chi connectivity index (χ2n) is 4.02. The van der Waals surface area contributed by atoms with Crippen LogP contribution in [0.5, 0.6) is 0 Å². The van der Waals surface area contributed by atoms with E-state index < -0.39 is 0 Å². The molecule has 0 unspecified atom stereocenters. The number of aromatic nitrogens is 1. The molecule has 0 amide bonds. The predicted octanol–water partition coefficient (Wildman–Crippen LogP) is 3.73. The first kappa shape index (κ1) is 13.4. The summed E-state index contributed by atoms with van der Waals surface area (Å²) in [6.45, 7) is 3.09. The quantitative estimate of drug-likeness (QED) is 0.699. The van der Waals surface area contributed by atoms with Gasteiger partial charge in [0, 0.05) is 24.1 Å². The summed E-state index contributed by atoms with van der Waals surface area (Å²) in [5.41, 5.74) is 2.27. The molecular formula is C13H22N2S. The Morgan fingerprint density at radius 1 is 1.25 bits per heavy atom. The largest absolute Gasteiger partial charge is 0.385 e. The van der Waals surface area contributed by atoms with Crippen LogP contribution < -0.4 is 5.32 Å². The number of hydrogen-bond donors (Lipinski definition) is 1. The van der Waals surface area contributed by atoms with Gasteiger partial charge < -0.3 is 5.32 Å². The molecule has 0 bridgehead atoms. The lowest BCUT2D eigenvalue weighted by Gasteiger charge is -2.06. The first-order chi connectivity index (χ1) is 7.83. The molecule has 1 rings (SSSR count). The van der Waals surface area contributed by atoms with E-state index in [1.54, 1.807) is 0 Å². The highest BCUT2D eigenvalue weighted by Gasteiger charge is 1.93. The Morgan fingerprint density at radius 3 is 2.81 bits per heavy atom. The number of anilines is 1. The average Bonchev–Trinajstić information content (AvgIpc) is 2.28. The minimum Gasteiger partial charge on any atom is -0.385 e. The van der Waals surface area contributed by atoms with Gasteiger partial charge in [-0.2, -0.15) is 11.8 Å². The highest BCUT2D eigenvalue weighted by atomic mass is 32.2. The van der Waals surface area contributed by atoms with Crippen molar-refractivity contribution >= 4 is 17.4 Å². The molecule has 0 spiro atoms. The Morgan fingerprint density at radius 2 is 2.06 bits per heavy atom. The molecule has 0 fully saturated rings. The first-order valence-electron chi connectivity index (χ1n) is 5.98. The number of hydrogen-bond acceptors (Lipinski definition) is 3. The molecule has 0 atom stereocenters. The molecule has 0 aromatic carbocycles. The normalized spacial score (nSPS) is 10.4. The molecule has 16 heavy (non-hydrogen) atoms. The summed E-state index contributed by atoms with van der Waals surface area (Å²) >= 11 is 1.94. The van der Waals surface area contributed by atoms with E-state index in [0.717, 1.165) is 12.2 Å². The minimum atomic E-state index is 1.07. The number of thioether (sulfide) groups is 1. The molecule has 0 aliphatic heterocycles. The topological polar surface area (TPSA) is 24.9 Å². The molecule has 0 radical (unpaired) electrons. The highest BCUT2D eigenvalue weighted by molar-refractivity contribution is 7.98. The average molecular weight is 238 g/mol.